The second-order valence-electron chi connectivity index (χ2n) is 7.00. The first-order chi connectivity index (χ1) is 7.18. The molecule has 1 aliphatic carbocycles. The molecule has 0 aromatic rings. The molecule has 90 valence electrons. The molecule has 0 aromatic carbocycles. The van der Waals surface area contributed by atoms with Crippen LogP contribution in [0, 0.1) is 10.8 Å². The Morgan fingerprint density at radius 3 is 2.25 bits per heavy atom. The zero-order valence-corrected chi connectivity index (χ0v) is 11.7. The second-order valence-corrected chi connectivity index (χ2v) is 7.00. The maximum absolute atomic E-state index is 2.40. The summed E-state index contributed by atoms with van der Waals surface area (Å²) in [7, 11) is 0. The van der Waals surface area contributed by atoms with Crippen molar-refractivity contribution in [2.75, 3.05) is 0 Å². The summed E-state index contributed by atoms with van der Waals surface area (Å²) in [4.78, 5) is 0. The van der Waals surface area contributed by atoms with Gasteiger partial charge in [-0.2, -0.15) is 0 Å². The van der Waals surface area contributed by atoms with Crippen molar-refractivity contribution in [2.45, 2.75) is 54.4 Å². The van der Waals surface area contributed by atoms with Crippen LogP contribution in [0.15, 0.2) is 35.5 Å². The summed E-state index contributed by atoms with van der Waals surface area (Å²) in [6.07, 6.45) is 11.6. The molecule has 0 saturated heterocycles. The van der Waals surface area contributed by atoms with Crippen LogP contribution in [-0.2, 0) is 0 Å². The van der Waals surface area contributed by atoms with E-state index in [2.05, 4.69) is 65.8 Å². The van der Waals surface area contributed by atoms with E-state index in [1.807, 2.05) is 0 Å². The van der Waals surface area contributed by atoms with Crippen LogP contribution in [0.3, 0.4) is 0 Å². The van der Waals surface area contributed by atoms with Crippen molar-refractivity contribution >= 4 is 0 Å². The van der Waals surface area contributed by atoms with Crippen LogP contribution in [0.1, 0.15) is 54.4 Å². The van der Waals surface area contributed by atoms with Crippen LogP contribution in [0.25, 0.3) is 0 Å². The Balaban J connectivity index is 2.79. The molecular weight excluding hydrogens is 192 g/mol. The fourth-order valence-corrected chi connectivity index (χ4v) is 1.67. The summed E-state index contributed by atoms with van der Waals surface area (Å²) in [6.45, 7) is 13.7. The first kappa shape index (κ1) is 13.3. The Labute approximate surface area is 101 Å². The van der Waals surface area contributed by atoms with Crippen molar-refractivity contribution in [3.8, 4) is 0 Å². The Hall–Kier alpha value is -0.780. The zero-order valence-electron chi connectivity index (χ0n) is 11.7. The normalized spacial score (nSPS) is 20.1. The van der Waals surface area contributed by atoms with Crippen molar-refractivity contribution in [3.63, 3.8) is 0 Å². The maximum atomic E-state index is 2.40. The zero-order chi connectivity index (χ0) is 12.4. The number of rotatable bonds is 1. The minimum absolute atomic E-state index is 0.262. The Morgan fingerprint density at radius 2 is 1.75 bits per heavy atom. The number of hydrogen-bond acceptors (Lipinski definition) is 0. The standard InChI is InChI=1S/C16H26/c1-15(2,3)11-10-13-8-7-9-14(12-13)16(4,5)6/h7,9-10,12H,8,11H2,1-6H3/b13-10-. The summed E-state index contributed by atoms with van der Waals surface area (Å²) >= 11 is 0. The molecule has 1 rings (SSSR count). The van der Waals surface area contributed by atoms with Crippen molar-refractivity contribution in [3.05, 3.63) is 35.5 Å². The molecule has 0 atom stereocenters. The van der Waals surface area contributed by atoms with Gasteiger partial charge in [0.2, 0.25) is 0 Å². The lowest BCUT2D eigenvalue weighted by Gasteiger charge is -2.23. The SMILES string of the molecule is CC(C)(C)C/C=C1\C=C(C(C)(C)C)C=CC1. The van der Waals surface area contributed by atoms with Gasteiger partial charge in [0, 0.05) is 0 Å². The van der Waals surface area contributed by atoms with Crippen LogP contribution < -0.4 is 0 Å². The van der Waals surface area contributed by atoms with E-state index >= 15 is 0 Å². The fourth-order valence-electron chi connectivity index (χ4n) is 1.67. The first-order valence-electron chi connectivity index (χ1n) is 6.26. The van der Waals surface area contributed by atoms with Gasteiger partial charge in [-0.3, -0.25) is 0 Å². The van der Waals surface area contributed by atoms with Gasteiger partial charge in [0.05, 0.1) is 0 Å². The highest BCUT2D eigenvalue weighted by molar-refractivity contribution is 5.39. The third-order valence-corrected chi connectivity index (χ3v) is 2.83. The van der Waals surface area contributed by atoms with E-state index in [9.17, 15) is 0 Å². The van der Waals surface area contributed by atoms with Gasteiger partial charge < -0.3 is 0 Å². The third kappa shape index (κ3) is 4.38. The third-order valence-electron chi connectivity index (χ3n) is 2.83. The van der Waals surface area contributed by atoms with Gasteiger partial charge in [0.25, 0.3) is 0 Å². The highest BCUT2D eigenvalue weighted by Gasteiger charge is 2.17. The largest absolute Gasteiger partial charge is 0.0805 e. The highest BCUT2D eigenvalue weighted by atomic mass is 14.2. The van der Waals surface area contributed by atoms with E-state index in [0.29, 0.717) is 5.41 Å². The van der Waals surface area contributed by atoms with Crippen LogP contribution in [0.4, 0.5) is 0 Å². The Bertz CT molecular complexity index is 324. The second kappa shape index (κ2) is 4.61. The topological polar surface area (TPSA) is 0 Å². The summed E-state index contributed by atoms with van der Waals surface area (Å²) in [5.41, 5.74) is 3.57. The molecule has 0 radical (unpaired) electrons. The van der Waals surface area contributed by atoms with Crippen molar-refractivity contribution in [2.24, 2.45) is 10.8 Å². The molecule has 0 unspecified atom stereocenters. The Morgan fingerprint density at radius 1 is 1.12 bits per heavy atom. The van der Waals surface area contributed by atoms with E-state index in [0.717, 1.165) is 12.8 Å². The lowest BCUT2D eigenvalue weighted by Crippen LogP contribution is -2.09. The smallest absolute Gasteiger partial charge is 0.00973 e. The molecule has 0 spiro atoms. The van der Waals surface area contributed by atoms with E-state index < -0.39 is 0 Å². The van der Waals surface area contributed by atoms with E-state index in [-0.39, 0.29) is 5.41 Å². The van der Waals surface area contributed by atoms with Gasteiger partial charge in [-0.25, -0.2) is 0 Å². The molecule has 0 heterocycles. The minimum Gasteiger partial charge on any atom is -0.0805 e. The molecule has 0 nitrogen and oxygen atoms in total. The predicted octanol–water partition coefficient (Wildman–Crippen LogP) is 5.28. The number of hydrogen-bond donors (Lipinski definition) is 0. The molecule has 0 saturated carbocycles. The van der Waals surface area contributed by atoms with Crippen molar-refractivity contribution < 1.29 is 0 Å². The van der Waals surface area contributed by atoms with E-state index in [1.54, 1.807) is 0 Å². The lowest BCUT2D eigenvalue weighted by atomic mass is 9.82. The minimum atomic E-state index is 0.262. The number of allylic oxidation sites excluding steroid dienone is 6. The maximum Gasteiger partial charge on any atom is -0.00973 e. The quantitative estimate of drug-likeness (QED) is 0.561. The van der Waals surface area contributed by atoms with Gasteiger partial charge in [0.1, 0.15) is 0 Å². The lowest BCUT2D eigenvalue weighted by molar-refractivity contribution is 0.419. The van der Waals surface area contributed by atoms with Crippen LogP contribution in [0.2, 0.25) is 0 Å². The molecule has 0 aromatic heterocycles. The summed E-state index contributed by atoms with van der Waals surface area (Å²) in [5, 5.41) is 0. The molecule has 1 aliphatic rings. The molecule has 0 heteroatoms. The van der Waals surface area contributed by atoms with Crippen LogP contribution >= 0.6 is 0 Å². The van der Waals surface area contributed by atoms with Crippen LogP contribution in [-0.4, -0.2) is 0 Å². The van der Waals surface area contributed by atoms with Gasteiger partial charge in [-0.1, -0.05) is 65.8 Å². The van der Waals surface area contributed by atoms with Crippen molar-refractivity contribution in [1.82, 2.24) is 0 Å². The monoisotopic (exact) mass is 218 g/mol. The summed E-state index contributed by atoms with van der Waals surface area (Å²) in [6, 6.07) is 0. The van der Waals surface area contributed by atoms with Gasteiger partial charge in [-0.15, -0.1) is 0 Å². The average molecular weight is 218 g/mol. The van der Waals surface area contributed by atoms with E-state index in [1.165, 1.54) is 11.1 Å². The van der Waals surface area contributed by atoms with Crippen molar-refractivity contribution in [1.29, 1.82) is 0 Å². The molecule has 16 heavy (non-hydrogen) atoms. The molecule has 0 amide bonds. The Kier molecular flexibility index (Phi) is 3.83. The average Bonchev–Trinajstić information content (AvgIpc) is 2.13. The molecule has 0 fully saturated rings. The summed E-state index contributed by atoms with van der Waals surface area (Å²) in [5.74, 6) is 0. The predicted molar refractivity (Wildman–Crippen MR) is 73.5 cm³/mol. The first-order valence-corrected chi connectivity index (χ1v) is 6.26. The van der Waals surface area contributed by atoms with Gasteiger partial charge in [0.15, 0.2) is 0 Å². The molecule has 0 aliphatic heterocycles. The molecular formula is C16H26. The highest BCUT2D eigenvalue weighted by Crippen LogP contribution is 2.31. The molecule has 0 bridgehead atoms. The van der Waals surface area contributed by atoms with E-state index in [4.69, 9.17) is 0 Å². The summed E-state index contributed by atoms with van der Waals surface area (Å²) < 4.78 is 0. The fraction of sp³-hybridized carbons (Fsp3) is 0.625. The van der Waals surface area contributed by atoms with Gasteiger partial charge >= 0.3 is 0 Å². The van der Waals surface area contributed by atoms with Crippen LogP contribution in [0.5, 0.6) is 0 Å². The molecule has 0 N–H and O–H groups in total. The van der Waals surface area contributed by atoms with Gasteiger partial charge in [-0.05, 0) is 34.8 Å².